The Hall–Kier alpha value is -3.45. The molecule has 3 N–H and O–H groups in total. The molecule has 0 atom stereocenters. The zero-order chi connectivity index (χ0) is 19.1. The number of nitrogens with one attached hydrogen (secondary N) is 1. The molecule has 4 rings (SSSR count). The second-order valence-corrected chi connectivity index (χ2v) is 6.51. The summed E-state index contributed by atoms with van der Waals surface area (Å²) in [6.07, 6.45) is 0. The van der Waals surface area contributed by atoms with Crippen LogP contribution >= 0.6 is 11.6 Å². The molecule has 2 aromatic heterocycles. The third-order valence-electron chi connectivity index (χ3n) is 4.13. The van der Waals surface area contributed by atoms with Gasteiger partial charge in [-0.3, -0.25) is 4.79 Å². The van der Waals surface area contributed by atoms with Gasteiger partial charge < -0.3 is 10.7 Å². The van der Waals surface area contributed by atoms with Gasteiger partial charge in [0.1, 0.15) is 5.52 Å². The number of halogens is 1. The van der Waals surface area contributed by atoms with Crippen LogP contribution in [0, 0.1) is 6.92 Å². The second-order valence-electron chi connectivity index (χ2n) is 6.07. The van der Waals surface area contributed by atoms with Gasteiger partial charge in [-0.1, -0.05) is 35.4 Å². The van der Waals surface area contributed by atoms with Crippen LogP contribution in [0.5, 0.6) is 0 Å². The molecule has 0 bridgehead atoms. The number of nitrogens with zero attached hydrogens (tertiary/aromatic N) is 3. The van der Waals surface area contributed by atoms with Crippen molar-refractivity contribution >= 4 is 28.7 Å². The third kappa shape index (κ3) is 2.98. The standard InChI is InChI=1S/C19H14ClN5O2/c1-10-3-2-4-11(9-10)17-22-14(16(21)26)15-18(24-17)25(19(27)23-15)13-7-5-12(20)6-8-13/h2-9H,1H3,(H2,21,26)(H,23,27). The first-order valence-electron chi connectivity index (χ1n) is 8.09. The average Bonchev–Trinajstić information content (AvgIpc) is 2.97. The molecule has 27 heavy (non-hydrogen) atoms. The summed E-state index contributed by atoms with van der Waals surface area (Å²) in [5, 5.41) is 0.541. The number of imidazole rings is 1. The highest BCUT2D eigenvalue weighted by Gasteiger charge is 2.20. The third-order valence-corrected chi connectivity index (χ3v) is 4.38. The van der Waals surface area contributed by atoms with Gasteiger partial charge in [-0.05, 0) is 37.3 Å². The second kappa shape index (κ2) is 6.37. The summed E-state index contributed by atoms with van der Waals surface area (Å²) in [7, 11) is 0. The molecule has 0 unspecified atom stereocenters. The number of fused-ring (bicyclic) bond motifs is 1. The van der Waals surface area contributed by atoms with Crippen LogP contribution in [-0.2, 0) is 0 Å². The van der Waals surface area contributed by atoms with Gasteiger partial charge >= 0.3 is 5.69 Å². The van der Waals surface area contributed by atoms with E-state index in [1.807, 2.05) is 31.2 Å². The van der Waals surface area contributed by atoms with Crippen molar-refractivity contribution in [3.8, 4) is 17.1 Å². The Bertz CT molecular complexity index is 1240. The van der Waals surface area contributed by atoms with Gasteiger partial charge in [0.25, 0.3) is 5.91 Å². The molecule has 8 heteroatoms. The molecule has 0 radical (unpaired) electrons. The molecule has 0 fully saturated rings. The first kappa shape index (κ1) is 17.0. The number of carbonyl (C=O) groups excluding carboxylic acids is 1. The Kier molecular flexibility index (Phi) is 4.01. The lowest BCUT2D eigenvalue weighted by atomic mass is 10.1. The fourth-order valence-electron chi connectivity index (χ4n) is 2.91. The molecular weight excluding hydrogens is 366 g/mol. The number of amides is 1. The molecule has 0 aliphatic heterocycles. The number of aryl methyl sites for hydroxylation is 1. The van der Waals surface area contributed by atoms with Crippen molar-refractivity contribution in [2.75, 3.05) is 0 Å². The zero-order valence-corrected chi connectivity index (χ0v) is 15.0. The minimum atomic E-state index is -0.749. The van der Waals surface area contributed by atoms with Crippen molar-refractivity contribution in [2.45, 2.75) is 6.92 Å². The zero-order valence-electron chi connectivity index (χ0n) is 14.2. The minimum absolute atomic E-state index is 0.0404. The number of H-pyrrole nitrogens is 1. The number of aromatic amines is 1. The van der Waals surface area contributed by atoms with E-state index in [2.05, 4.69) is 15.0 Å². The molecule has 2 heterocycles. The van der Waals surface area contributed by atoms with Gasteiger partial charge in [-0.2, -0.15) is 0 Å². The van der Waals surface area contributed by atoms with Crippen LogP contribution in [0.2, 0.25) is 5.02 Å². The van der Waals surface area contributed by atoms with E-state index in [1.165, 1.54) is 4.57 Å². The van der Waals surface area contributed by atoms with E-state index >= 15 is 0 Å². The average molecular weight is 380 g/mol. The first-order chi connectivity index (χ1) is 12.9. The lowest BCUT2D eigenvalue weighted by molar-refractivity contribution is 0.0997. The van der Waals surface area contributed by atoms with Crippen LogP contribution in [0.4, 0.5) is 0 Å². The molecule has 0 saturated heterocycles. The maximum atomic E-state index is 12.6. The maximum absolute atomic E-state index is 12.6. The Balaban J connectivity index is 2.06. The van der Waals surface area contributed by atoms with Gasteiger partial charge in [0, 0.05) is 10.6 Å². The molecule has 0 saturated carbocycles. The highest BCUT2D eigenvalue weighted by molar-refractivity contribution is 6.30. The number of hydrogen-bond donors (Lipinski definition) is 2. The topological polar surface area (TPSA) is 107 Å². The number of hydrogen-bond acceptors (Lipinski definition) is 4. The molecule has 134 valence electrons. The molecule has 0 spiro atoms. The molecule has 0 aliphatic rings. The summed E-state index contributed by atoms with van der Waals surface area (Å²) >= 11 is 5.94. The van der Waals surface area contributed by atoms with E-state index in [1.54, 1.807) is 24.3 Å². The predicted octanol–water partition coefficient (Wildman–Crippen LogP) is 2.84. The molecule has 2 aromatic carbocycles. The van der Waals surface area contributed by atoms with E-state index in [0.29, 0.717) is 16.5 Å². The summed E-state index contributed by atoms with van der Waals surface area (Å²) in [6, 6.07) is 14.2. The minimum Gasteiger partial charge on any atom is -0.364 e. The van der Waals surface area contributed by atoms with Crippen LogP contribution in [-0.4, -0.2) is 25.4 Å². The smallest absolute Gasteiger partial charge is 0.332 e. The van der Waals surface area contributed by atoms with Gasteiger partial charge in [0.05, 0.1) is 5.69 Å². The fraction of sp³-hybridized carbons (Fsp3) is 0.0526. The van der Waals surface area contributed by atoms with Crippen molar-refractivity contribution in [3.05, 3.63) is 75.3 Å². The quantitative estimate of drug-likeness (QED) is 0.570. The number of rotatable bonds is 3. The van der Waals surface area contributed by atoms with Crippen LogP contribution in [0.15, 0.2) is 53.3 Å². The maximum Gasteiger partial charge on any atom is 0.332 e. The summed E-state index contributed by atoms with van der Waals surface area (Å²) in [5.41, 5.74) is 7.75. The number of benzene rings is 2. The Morgan fingerprint density at radius 2 is 1.89 bits per heavy atom. The van der Waals surface area contributed by atoms with E-state index in [-0.39, 0.29) is 16.9 Å². The van der Waals surface area contributed by atoms with Crippen molar-refractivity contribution < 1.29 is 4.79 Å². The first-order valence-corrected chi connectivity index (χ1v) is 8.47. The molecule has 0 aliphatic carbocycles. The number of nitrogens with two attached hydrogens (primary N) is 1. The van der Waals surface area contributed by atoms with E-state index < -0.39 is 11.6 Å². The van der Waals surface area contributed by atoms with Gasteiger partial charge in [0.15, 0.2) is 17.2 Å². The van der Waals surface area contributed by atoms with Gasteiger partial charge in [0.2, 0.25) is 0 Å². The Morgan fingerprint density at radius 1 is 1.15 bits per heavy atom. The predicted molar refractivity (Wildman–Crippen MR) is 103 cm³/mol. The molecular formula is C19H14ClN5O2. The van der Waals surface area contributed by atoms with E-state index in [9.17, 15) is 9.59 Å². The molecule has 7 nitrogen and oxygen atoms in total. The van der Waals surface area contributed by atoms with Crippen molar-refractivity contribution in [1.82, 2.24) is 19.5 Å². The fourth-order valence-corrected chi connectivity index (χ4v) is 3.03. The van der Waals surface area contributed by atoms with Crippen LogP contribution in [0.25, 0.3) is 28.2 Å². The van der Waals surface area contributed by atoms with Crippen molar-refractivity contribution in [3.63, 3.8) is 0 Å². The monoisotopic (exact) mass is 379 g/mol. The van der Waals surface area contributed by atoms with Gasteiger partial charge in [-0.15, -0.1) is 0 Å². The summed E-state index contributed by atoms with van der Waals surface area (Å²) in [4.78, 5) is 35.9. The number of primary amides is 1. The van der Waals surface area contributed by atoms with Crippen LogP contribution in [0.3, 0.4) is 0 Å². The highest BCUT2D eigenvalue weighted by atomic mass is 35.5. The molecule has 4 aromatic rings. The SMILES string of the molecule is Cc1cccc(-c2nc(C(N)=O)c3[nH]c(=O)n(-c4ccc(Cl)cc4)c3n2)c1. The summed E-state index contributed by atoms with van der Waals surface area (Å²) in [6.45, 7) is 1.94. The van der Waals surface area contributed by atoms with E-state index in [4.69, 9.17) is 17.3 Å². The highest BCUT2D eigenvalue weighted by Crippen LogP contribution is 2.23. The lowest BCUT2D eigenvalue weighted by Crippen LogP contribution is -2.15. The molecule has 1 amide bonds. The number of aromatic nitrogens is 4. The van der Waals surface area contributed by atoms with Gasteiger partial charge in [-0.25, -0.2) is 19.3 Å². The summed E-state index contributed by atoms with van der Waals surface area (Å²) in [5.74, 6) is -0.442. The van der Waals surface area contributed by atoms with Crippen molar-refractivity contribution in [1.29, 1.82) is 0 Å². The lowest BCUT2D eigenvalue weighted by Gasteiger charge is -2.07. The Labute approximate surface area is 158 Å². The number of carbonyl (C=O) groups is 1. The Morgan fingerprint density at radius 3 is 2.56 bits per heavy atom. The largest absolute Gasteiger partial charge is 0.364 e. The normalized spacial score (nSPS) is 11.0. The van der Waals surface area contributed by atoms with E-state index in [0.717, 1.165) is 11.1 Å². The van der Waals surface area contributed by atoms with Crippen molar-refractivity contribution in [2.24, 2.45) is 5.73 Å². The van der Waals surface area contributed by atoms with Crippen LogP contribution < -0.4 is 11.4 Å². The summed E-state index contributed by atoms with van der Waals surface area (Å²) < 4.78 is 1.36. The van der Waals surface area contributed by atoms with Crippen LogP contribution in [0.1, 0.15) is 16.1 Å².